The second-order valence-corrected chi connectivity index (χ2v) is 16.8. The Bertz CT molecular complexity index is 2390. The Morgan fingerprint density at radius 2 is 1.63 bits per heavy atom. The summed E-state index contributed by atoms with van der Waals surface area (Å²) in [6.45, 7) is 3.05. The molecule has 0 aliphatic carbocycles. The minimum absolute atomic E-state index is 0.0315. The van der Waals surface area contributed by atoms with E-state index in [1.165, 1.54) is 22.3 Å². The van der Waals surface area contributed by atoms with Gasteiger partial charge in [-0.2, -0.15) is 0 Å². The van der Waals surface area contributed by atoms with Gasteiger partial charge in [-0.25, -0.2) is 0 Å². The molecule has 3 aliphatic rings. The molecule has 2 fully saturated rings. The third kappa shape index (κ3) is 11.4. The Hall–Kier alpha value is -6.47. The third-order valence-electron chi connectivity index (χ3n) is 11.3. The van der Waals surface area contributed by atoms with Crippen molar-refractivity contribution in [2.75, 3.05) is 80.4 Å². The van der Waals surface area contributed by atoms with E-state index in [4.69, 9.17) is 16.3 Å². The molecule has 0 radical (unpaired) electrons. The van der Waals surface area contributed by atoms with Crippen LogP contribution in [0.3, 0.4) is 0 Å². The Morgan fingerprint density at radius 1 is 0.862 bits per heavy atom. The van der Waals surface area contributed by atoms with Crippen molar-refractivity contribution in [3.05, 3.63) is 112 Å². The van der Waals surface area contributed by atoms with Crippen LogP contribution in [-0.2, 0) is 39.9 Å². The van der Waals surface area contributed by atoms with Crippen molar-refractivity contribution >= 4 is 87.3 Å². The van der Waals surface area contributed by atoms with Crippen molar-refractivity contribution < 1.29 is 43.1 Å². The summed E-state index contributed by atoms with van der Waals surface area (Å²) < 4.78 is 5.70. The van der Waals surface area contributed by atoms with Crippen LogP contribution in [0.15, 0.2) is 90.3 Å². The summed E-state index contributed by atoms with van der Waals surface area (Å²) in [6, 6.07) is 22.9. The van der Waals surface area contributed by atoms with Gasteiger partial charge in [-0.05, 0) is 66.2 Å². The van der Waals surface area contributed by atoms with Crippen LogP contribution in [0, 0.1) is 0 Å². The van der Waals surface area contributed by atoms with Crippen molar-refractivity contribution in [3.8, 4) is 0 Å². The van der Waals surface area contributed by atoms with Gasteiger partial charge in [0.1, 0.15) is 18.0 Å². The van der Waals surface area contributed by atoms with Crippen LogP contribution < -0.4 is 26.2 Å². The van der Waals surface area contributed by atoms with Crippen molar-refractivity contribution in [3.63, 3.8) is 0 Å². The summed E-state index contributed by atoms with van der Waals surface area (Å²) in [5, 5.41) is 13.0. The molecule has 65 heavy (non-hydrogen) atoms. The number of piperazine rings is 1. The smallest absolute Gasteiger partial charge is 0.264 e. The first kappa shape index (κ1) is 46.5. The molecule has 2 saturated heterocycles. The molecule has 7 rings (SSSR count). The molecule has 340 valence electrons. The van der Waals surface area contributed by atoms with Crippen molar-refractivity contribution in [2.24, 2.45) is 0 Å². The van der Waals surface area contributed by atoms with Gasteiger partial charge in [0.2, 0.25) is 35.4 Å². The number of fused-ring (bicyclic) bond motifs is 1. The lowest BCUT2D eigenvalue weighted by atomic mass is 10.0. The summed E-state index contributed by atoms with van der Waals surface area (Å²) >= 11 is 7.43. The van der Waals surface area contributed by atoms with Gasteiger partial charge in [-0.15, -0.1) is 22.9 Å². The van der Waals surface area contributed by atoms with Gasteiger partial charge in [-0.1, -0.05) is 42.5 Å². The standard InChI is InChI=1S/C46H49ClN8O9S/c47-28-40(59)54(42(36-10-5-27-65-36)44(61)49-19-17-30-6-2-1-3-7-30)32-13-11-31(12-14-32)50-38(57)29-52-21-23-53(24-22-52)39(58)18-25-64-26-20-48-34-9-4-8-33-41(34)46(63)55(45(33)62)35-15-16-37(56)51-43(35)60/h1-14,27,35,42,48H,15-26,28-29H2,(H,49,61)(H,50,57)(H,51,56,60). The highest BCUT2D eigenvalue weighted by Crippen LogP contribution is 2.33. The number of nitrogens with one attached hydrogen (secondary N) is 4. The van der Waals surface area contributed by atoms with Crippen LogP contribution in [0.2, 0.25) is 0 Å². The van der Waals surface area contributed by atoms with Crippen LogP contribution in [0.5, 0.6) is 0 Å². The van der Waals surface area contributed by atoms with E-state index in [1.807, 2.05) is 46.7 Å². The van der Waals surface area contributed by atoms with Crippen molar-refractivity contribution in [2.45, 2.75) is 37.8 Å². The van der Waals surface area contributed by atoms with E-state index >= 15 is 0 Å². The van der Waals surface area contributed by atoms with Crippen LogP contribution in [0.1, 0.15) is 56.5 Å². The number of carbonyl (C=O) groups is 8. The Kier molecular flexibility index (Phi) is 15.7. The molecule has 19 heteroatoms. The minimum atomic E-state index is -1.06. The molecule has 4 aromatic rings. The normalized spacial score (nSPS) is 16.7. The molecule has 4 N–H and O–H groups in total. The number of thiophene rings is 1. The minimum Gasteiger partial charge on any atom is -0.382 e. The second kappa shape index (κ2) is 21.9. The maximum Gasteiger partial charge on any atom is 0.264 e. The Labute approximate surface area is 384 Å². The van der Waals surface area contributed by atoms with E-state index in [-0.39, 0.29) is 80.3 Å². The molecule has 0 bridgehead atoms. The number of rotatable bonds is 19. The first-order chi connectivity index (χ1) is 31.5. The molecule has 3 aliphatic heterocycles. The summed E-state index contributed by atoms with van der Waals surface area (Å²) in [5.74, 6) is -3.77. The molecule has 0 saturated carbocycles. The molecule has 1 aromatic heterocycles. The Morgan fingerprint density at radius 3 is 2.34 bits per heavy atom. The zero-order valence-corrected chi connectivity index (χ0v) is 37.0. The van der Waals surface area contributed by atoms with E-state index in [1.54, 1.807) is 47.4 Å². The van der Waals surface area contributed by atoms with Crippen molar-refractivity contribution in [1.29, 1.82) is 0 Å². The van der Waals surface area contributed by atoms with Crippen LogP contribution >= 0.6 is 22.9 Å². The first-order valence-electron chi connectivity index (χ1n) is 21.3. The molecule has 3 aromatic carbocycles. The zero-order chi connectivity index (χ0) is 45.9. The number of piperidine rings is 1. The van der Waals surface area contributed by atoms with Crippen LogP contribution in [-0.4, -0.2) is 133 Å². The van der Waals surface area contributed by atoms with Crippen LogP contribution in [0.4, 0.5) is 17.1 Å². The average Bonchev–Trinajstić information content (AvgIpc) is 3.93. The van der Waals surface area contributed by atoms with Gasteiger partial charge in [0.25, 0.3) is 11.8 Å². The van der Waals surface area contributed by atoms with E-state index in [9.17, 15) is 38.4 Å². The first-order valence-corrected chi connectivity index (χ1v) is 22.7. The molecule has 2 unspecified atom stereocenters. The largest absolute Gasteiger partial charge is 0.382 e. The fourth-order valence-electron chi connectivity index (χ4n) is 8.00. The van der Waals surface area contributed by atoms with Crippen LogP contribution in [0.25, 0.3) is 0 Å². The van der Waals surface area contributed by atoms with Gasteiger partial charge in [-0.3, -0.25) is 58.4 Å². The quantitative estimate of drug-likeness (QED) is 0.0609. The highest BCUT2D eigenvalue weighted by molar-refractivity contribution is 7.10. The lowest BCUT2D eigenvalue weighted by Gasteiger charge is -2.34. The molecule has 17 nitrogen and oxygen atoms in total. The molecule has 8 amide bonds. The molecule has 4 heterocycles. The summed E-state index contributed by atoms with van der Waals surface area (Å²) in [4.78, 5) is 110. The summed E-state index contributed by atoms with van der Waals surface area (Å²) in [7, 11) is 0. The number of hydrogen-bond acceptors (Lipinski definition) is 12. The number of hydrogen-bond donors (Lipinski definition) is 4. The summed E-state index contributed by atoms with van der Waals surface area (Å²) in [5.41, 5.74) is 2.77. The van der Waals surface area contributed by atoms with E-state index in [2.05, 4.69) is 21.3 Å². The van der Waals surface area contributed by atoms with E-state index in [0.717, 1.165) is 10.5 Å². The number of halogens is 1. The SMILES string of the molecule is O=C1CCC(N2C(=O)c3cccc(NCCOCCC(=O)N4CCN(CC(=O)Nc5ccc(N(C(=O)CCl)C(C(=O)NCCc6ccccc6)c6cccs6)cc5)CC4)c3C2=O)C(=O)N1. The fourth-order valence-corrected chi connectivity index (χ4v) is 8.94. The zero-order valence-electron chi connectivity index (χ0n) is 35.5. The van der Waals surface area contributed by atoms with Gasteiger partial charge in [0.15, 0.2) is 0 Å². The monoisotopic (exact) mass is 924 g/mol. The number of ether oxygens (including phenoxy) is 1. The van der Waals surface area contributed by atoms with Gasteiger partial charge < -0.3 is 25.6 Å². The topological polar surface area (TPSA) is 207 Å². The maximum atomic E-state index is 13.7. The number of amides is 8. The molecule has 2 atom stereocenters. The number of carbonyl (C=O) groups excluding carboxylic acids is 8. The molecule has 0 spiro atoms. The highest BCUT2D eigenvalue weighted by Gasteiger charge is 2.45. The third-order valence-corrected chi connectivity index (χ3v) is 12.4. The highest BCUT2D eigenvalue weighted by atomic mass is 35.5. The van der Waals surface area contributed by atoms with E-state index in [0.29, 0.717) is 61.1 Å². The lowest BCUT2D eigenvalue weighted by Crippen LogP contribution is -2.54. The predicted molar refractivity (Wildman–Crippen MR) is 244 cm³/mol. The van der Waals surface area contributed by atoms with Gasteiger partial charge in [0.05, 0.1) is 37.3 Å². The average molecular weight is 925 g/mol. The fraction of sp³-hybridized carbons (Fsp3) is 0.348. The summed E-state index contributed by atoms with van der Waals surface area (Å²) in [6.07, 6.45) is 0.882. The number of anilines is 3. The van der Waals surface area contributed by atoms with Gasteiger partial charge in [0, 0.05) is 67.6 Å². The number of nitrogens with zero attached hydrogens (tertiary/aromatic N) is 4. The lowest BCUT2D eigenvalue weighted by molar-refractivity contribution is -0.136. The second-order valence-electron chi connectivity index (χ2n) is 15.6. The molecular formula is C46H49ClN8O9S. The number of benzene rings is 3. The van der Waals surface area contributed by atoms with E-state index < -0.39 is 41.6 Å². The number of alkyl halides is 1. The predicted octanol–water partition coefficient (Wildman–Crippen LogP) is 3.42. The Balaban J connectivity index is 0.823. The molecular weight excluding hydrogens is 876 g/mol. The van der Waals surface area contributed by atoms with Gasteiger partial charge >= 0.3 is 0 Å². The number of imide groups is 2. The van der Waals surface area contributed by atoms with Crippen molar-refractivity contribution in [1.82, 2.24) is 25.3 Å². The maximum absolute atomic E-state index is 13.7.